The zero-order chi connectivity index (χ0) is 17.1. The average Bonchev–Trinajstić information content (AvgIpc) is 3.18. The van der Waals surface area contributed by atoms with E-state index in [0.717, 1.165) is 31.0 Å². The van der Waals surface area contributed by atoms with E-state index in [4.69, 9.17) is 5.26 Å². The molecule has 2 N–H and O–H groups in total. The number of nitriles is 1. The lowest BCUT2D eigenvalue weighted by atomic mass is 10.1. The lowest BCUT2D eigenvalue weighted by molar-refractivity contribution is -0.115. The third-order valence-corrected chi connectivity index (χ3v) is 4.81. The van der Waals surface area contributed by atoms with Crippen molar-refractivity contribution in [2.75, 3.05) is 11.9 Å². The van der Waals surface area contributed by atoms with Crippen molar-refractivity contribution < 1.29 is 4.79 Å². The van der Waals surface area contributed by atoms with E-state index in [2.05, 4.69) is 40.6 Å². The Morgan fingerprint density at radius 3 is 3.17 bits per heavy atom. The molecule has 0 saturated carbocycles. The van der Waals surface area contributed by atoms with Gasteiger partial charge in [-0.1, -0.05) is 13.8 Å². The molecule has 1 aliphatic heterocycles. The molecular weight excluding hydrogens is 324 g/mol. The monoisotopic (exact) mass is 344 g/mol. The minimum Gasteiger partial charge on any atom is -0.315 e. The molecule has 24 heavy (non-hydrogen) atoms. The molecule has 8 heteroatoms. The molecule has 2 aromatic heterocycles. The van der Waals surface area contributed by atoms with Crippen molar-refractivity contribution in [3.8, 4) is 6.07 Å². The molecule has 1 atom stereocenters. The van der Waals surface area contributed by atoms with Gasteiger partial charge in [0.15, 0.2) is 5.82 Å². The lowest BCUT2D eigenvalue weighted by Crippen LogP contribution is -2.41. The van der Waals surface area contributed by atoms with Crippen LogP contribution in [0.5, 0.6) is 0 Å². The van der Waals surface area contributed by atoms with Gasteiger partial charge in [0.05, 0.1) is 18.7 Å². The predicted molar refractivity (Wildman–Crippen MR) is 91.9 cm³/mol. The number of carbonyl (C=O) groups is 1. The Kier molecular flexibility index (Phi) is 4.92. The molecule has 3 heterocycles. The first-order chi connectivity index (χ1) is 11.6. The van der Waals surface area contributed by atoms with Gasteiger partial charge in [0, 0.05) is 18.4 Å². The van der Waals surface area contributed by atoms with Crippen LogP contribution < -0.4 is 10.6 Å². The summed E-state index contributed by atoms with van der Waals surface area (Å²) >= 11 is 1.36. The highest BCUT2D eigenvalue weighted by molar-refractivity contribution is 7.14. The first-order valence-corrected chi connectivity index (χ1v) is 8.89. The molecule has 3 rings (SSSR count). The number of hydrogen-bond donors (Lipinski definition) is 2. The topological polar surface area (TPSA) is 95.6 Å². The van der Waals surface area contributed by atoms with E-state index in [1.54, 1.807) is 11.4 Å². The third-order valence-electron chi connectivity index (χ3n) is 3.98. The number of aryl methyl sites for hydroxylation is 1. The number of aromatic nitrogens is 3. The Bertz CT molecular complexity index is 772. The number of fused-ring (bicyclic) bond motifs is 1. The fraction of sp³-hybridized carbons (Fsp3) is 0.500. The van der Waals surface area contributed by atoms with Crippen molar-refractivity contribution in [1.82, 2.24) is 20.1 Å². The normalized spacial score (nSPS) is 16.7. The van der Waals surface area contributed by atoms with Crippen LogP contribution in [0, 0.1) is 11.3 Å². The van der Waals surface area contributed by atoms with Gasteiger partial charge in [-0.25, -0.2) is 9.67 Å². The number of amides is 1. The third kappa shape index (κ3) is 3.63. The largest absolute Gasteiger partial charge is 0.315 e. The molecule has 0 spiro atoms. The van der Waals surface area contributed by atoms with E-state index < -0.39 is 0 Å². The first kappa shape index (κ1) is 16.6. The van der Waals surface area contributed by atoms with Gasteiger partial charge >= 0.3 is 0 Å². The molecule has 2 aromatic rings. The van der Waals surface area contributed by atoms with Crippen molar-refractivity contribution >= 4 is 22.2 Å². The maximum absolute atomic E-state index is 12.0. The van der Waals surface area contributed by atoms with E-state index >= 15 is 0 Å². The molecule has 0 unspecified atom stereocenters. The van der Waals surface area contributed by atoms with E-state index in [0.29, 0.717) is 16.5 Å². The molecule has 0 aromatic carbocycles. The van der Waals surface area contributed by atoms with Crippen LogP contribution in [-0.2, 0) is 17.8 Å². The minimum absolute atomic E-state index is 0.138. The fourth-order valence-electron chi connectivity index (χ4n) is 2.64. The summed E-state index contributed by atoms with van der Waals surface area (Å²) in [6.07, 6.45) is 1.80. The molecular formula is C16H20N6OS. The van der Waals surface area contributed by atoms with Gasteiger partial charge in [-0.3, -0.25) is 4.79 Å². The van der Waals surface area contributed by atoms with Crippen LogP contribution in [0.3, 0.4) is 0 Å². The Morgan fingerprint density at radius 1 is 1.58 bits per heavy atom. The highest BCUT2D eigenvalue weighted by atomic mass is 32.1. The van der Waals surface area contributed by atoms with Crippen LogP contribution in [0.25, 0.3) is 0 Å². The Labute approximate surface area is 144 Å². The molecule has 0 bridgehead atoms. The number of thiophene rings is 1. The van der Waals surface area contributed by atoms with Crippen LogP contribution in [0.2, 0.25) is 0 Å². The summed E-state index contributed by atoms with van der Waals surface area (Å²) in [5.74, 6) is 2.09. The highest BCUT2D eigenvalue weighted by Crippen LogP contribution is 2.22. The van der Waals surface area contributed by atoms with Crippen molar-refractivity contribution in [3.63, 3.8) is 0 Å². The van der Waals surface area contributed by atoms with Gasteiger partial charge < -0.3 is 10.6 Å². The maximum atomic E-state index is 12.0. The lowest BCUT2D eigenvalue weighted by Gasteiger charge is -2.23. The molecule has 126 valence electrons. The summed E-state index contributed by atoms with van der Waals surface area (Å²) in [6, 6.07) is 3.97. The Balaban J connectivity index is 1.52. The quantitative estimate of drug-likeness (QED) is 0.863. The molecule has 0 aliphatic carbocycles. The van der Waals surface area contributed by atoms with Gasteiger partial charge in [-0.15, -0.1) is 11.3 Å². The zero-order valence-corrected chi connectivity index (χ0v) is 14.6. The number of rotatable bonds is 5. The maximum Gasteiger partial charge on any atom is 0.238 e. The molecule has 1 amide bonds. The second kappa shape index (κ2) is 7.11. The van der Waals surface area contributed by atoms with Crippen LogP contribution in [0.1, 0.15) is 43.4 Å². The summed E-state index contributed by atoms with van der Waals surface area (Å²) < 4.78 is 1.95. The molecule has 0 radical (unpaired) electrons. The van der Waals surface area contributed by atoms with Gasteiger partial charge in [-0.2, -0.15) is 10.4 Å². The van der Waals surface area contributed by atoms with Gasteiger partial charge in [0.1, 0.15) is 16.9 Å². The smallest absolute Gasteiger partial charge is 0.238 e. The van der Waals surface area contributed by atoms with Crippen molar-refractivity contribution in [1.29, 1.82) is 5.26 Å². The van der Waals surface area contributed by atoms with Crippen LogP contribution in [0.4, 0.5) is 5.00 Å². The van der Waals surface area contributed by atoms with Crippen molar-refractivity contribution in [3.05, 3.63) is 28.7 Å². The fourth-order valence-corrected chi connectivity index (χ4v) is 3.39. The van der Waals surface area contributed by atoms with Crippen LogP contribution in [-0.4, -0.2) is 33.3 Å². The highest BCUT2D eigenvalue weighted by Gasteiger charge is 2.22. The molecule has 7 nitrogen and oxygen atoms in total. The minimum atomic E-state index is -0.138. The second-order valence-corrected chi connectivity index (χ2v) is 7.08. The first-order valence-electron chi connectivity index (χ1n) is 8.01. The standard InChI is InChI=1S/C16H20N6OS/c1-10(2)15-19-13-4-3-12(9-22(13)21-15)18-8-14(23)20-16-11(7-17)5-6-24-16/h5-6,10,12,18H,3-4,8-9H2,1-2H3,(H,20,23)/t12-/m0/s1. The number of hydrogen-bond acceptors (Lipinski definition) is 6. The van der Waals surface area contributed by atoms with Crippen molar-refractivity contribution in [2.24, 2.45) is 0 Å². The summed E-state index contributed by atoms with van der Waals surface area (Å²) in [4.78, 5) is 16.6. The van der Waals surface area contributed by atoms with E-state index in [9.17, 15) is 4.79 Å². The Morgan fingerprint density at radius 2 is 2.42 bits per heavy atom. The number of nitrogens with one attached hydrogen (secondary N) is 2. The SMILES string of the molecule is CC(C)c1nc2n(n1)C[C@@H](NCC(=O)Nc1sccc1C#N)CC2. The molecule has 1 aliphatic rings. The number of anilines is 1. The van der Waals surface area contributed by atoms with Crippen molar-refractivity contribution in [2.45, 2.75) is 45.2 Å². The van der Waals surface area contributed by atoms with Crippen LogP contribution in [0.15, 0.2) is 11.4 Å². The van der Waals surface area contributed by atoms with Gasteiger partial charge in [0.2, 0.25) is 5.91 Å². The van der Waals surface area contributed by atoms with E-state index in [1.165, 1.54) is 11.3 Å². The van der Waals surface area contributed by atoms with E-state index in [-0.39, 0.29) is 18.5 Å². The summed E-state index contributed by atoms with van der Waals surface area (Å²) in [6.45, 7) is 5.11. The van der Waals surface area contributed by atoms with Gasteiger partial charge in [0.25, 0.3) is 0 Å². The zero-order valence-electron chi connectivity index (χ0n) is 13.7. The summed E-state index contributed by atoms with van der Waals surface area (Å²) in [7, 11) is 0. The summed E-state index contributed by atoms with van der Waals surface area (Å²) in [5, 5.41) is 22.0. The van der Waals surface area contributed by atoms with E-state index in [1.807, 2.05) is 4.68 Å². The molecule has 0 saturated heterocycles. The predicted octanol–water partition coefficient (Wildman–Crippen LogP) is 1.88. The number of nitrogens with zero attached hydrogens (tertiary/aromatic N) is 4. The Hall–Kier alpha value is -2.24. The number of carbonyl (C=O) groups excluding carboxylic acids is 1. The van der Waals surface area contributed by atoms with Gasteiger partial charge in [-0.05, 0) is 17.9 Å². The van der Waals surface area contributed by atoms with Crippen LogP contribution >= 0.6 is 11.3 Å². The second-order valence-electron chi connectivity index (χ2n) is 6.16. The summed E-state index contributed by atoms with van der Waals surface area (Å²) in [5.41, 5.74) is 0.500. The average molecular weight is 344 g/mol. The molecule has 0 fully saturated rings.